The molecule has 0 fully saturated rings. The fraction of sp³-hybridized carbons (Fsp3) is 0.370. The highest BCUT2D eigenvalue weighted by Gasteiger charge is 2.22. The number of nitrogens with two attached hydrogens (primary N) is 2. The highest BCUT2D eigenvalue weighted by molar-refractivity contribution is 5.97. The summed E-state index contributed by atoms with van der Waals surface area (Å²) in [6, 6.07) is 15.1. The summed E-state index contributed by atoms with van der Waals surface area (Å²) in [5.74, 6) is 0.841. The normalized spacial score (nSPS) is 12.0. The number of benzene rings is 2. The zero-order valence-electron chi connectivity index (χ0n) is 21.6. The van der Waals surface area contributed by atoms with E-state index in [2.05, 4.69) is 20.9 Å². The summed E-state index contributed by atoms with van der Waals surface area (Å²) in [5, 5.41) is 22.2. The van der Waals surface area contributed by atoms with Crippen molar-refractivity contribution in [2.45, 2.75) is 45.2 Å². The van der Waals surface area contributed by atoms with Crippen LogP contribution in [0.1, 0.15) is 43.0 Å². The SMILES string of the molecule is CC(=N)CCNc1nonc1-c1nc2ccccc2n1CC(=O)c1ccc(NC[C@@H](N)CCCCN)cc1. The molecule has 0 aliphatic heterocycles. The molecule has 0 radical (unpaired) electrons. The van der Waals surface area contributed by atoms with Crippen molar-refractivity contribution in [2.24, 2.45) is 11.5 Å². The van der Waals surface area contributed by atoms with Crippen LogP contribution < -0.4 is 22.1 Å². The summed E-state index contributed by atoms with van der Waals surface area (Å²) >= 11 is 0. The fourth-order valence-corrected chi connectivity index (χ4v) is 4.15. The first kappa shape index (κ1) is 27.0. The van der Waals surface area contributed by atoms with Crippen molar-refractivity contribution in [3.8, 4) is 11.5 Å². The minimum absolute atomic E-state index is 0.0512. The van der Waals surface area contributed by atoms with E-state index in [1.165, 1.54) is 0 Å². The van der Waals surface area contributed by atoms with Crippen LogP contribution in [0.3, 0.4) is 0 Å². The Morgan fingerprint density at radius 3 is 2.66 bits per heavy atom. The summed E-state index contributed by atoms with van der Waals surface area (Å²) in [7, 11) is 0. The second-order valence-electron chi connectivity index (χ2n) is 9.35. The van der Waals surface area contributed by atoms with Crippen LogP contribution in [0.4, 0.5) is 11.5 Å². The number of rotatable bonds is 15. The average Bonchev–Trinajstić information content (AvgIpc) is 3.52. The number of carbonyl (C=O) groups excluding carboxylic acids is 1. The van der Waals surface area contributed by atoms with Crippen molar-refractivity contribution in [1.29, 1.82) is 5.41 Å². The van der Waals surface area contributed by atoms with Crippen molar-refractivity contribution < 1.29 is 9.42 Å². The van der Waals surface area contributed by atoms with Crippen molar-refractivity contribution in [2.75, 3.05) is 30.3 Å². The maximum atomic E-state index is 13.3. The molecule has 2 aromatic carbocycles. The quantitative estimate of drug-likeness (QED) is 0.0895. The van der Waals surface area contributed by atoms with Crippen molar-refractivity contribution in [3.05, 3.63) is 54.1 Å². The maximum absolute atomic E-state index is 13.3. The molecule has 0 bridgehead atoms. The topological polar surface area (TPSA) is 174 Å². The van der Waals surface area contributed by atoms with Crippen LogP contribution in [-0.2, 0) is 6.54 Å². The molecule has 0 spiro atoms. The lowest BCUT2D eigenvalue weighted by atomic mass is 10.1. The highest BCUT2D eigenvalue weighted by atomic mass is 16.6. The van der Waals surface area contributed by atoms with E-state index in [0.29, 0.717) is 54.7 Å². The lowest BCUT2D eigenvalue weighted by Crippen LogP contribution is -2.29. The van der Waals surface area contributed by atoms with Gasteiger partial charge < -0.3 is 32.1 Å². The van der Waals surface area contributed by atoms with E-state index in [1.807, 2.05) is 53.1 Å². The predicted octanol–water partition coefficient (Wildman–Crippen LogP) is 3.68. The minimum atomic E-state index is -0.0650. The van der Waals surface area contributed by atoms with Crippen LogP contribution in [0.2, 0.25) is 0 Å². The minimum Gasteiger partial charge on any atom is -0.383 e. The molecular formula is C27H35N9O2. The molecule has 200 valence electrons. The van der Waals surface area contributed by atoms with Crippen LogP contribution >= 0.6 is 0 Å². The summed E-state index contributed by atoms with van der Waals surface area (Å²) in [6.45, 7) is 3.67. The third-order valence-electron chi connectivity index (χ3n) is 6.25. The van der Waals surface area contributed by atoms with E-state index in [4.69, 9.17) is 26.5 Å². The van der Waals surface area contributed by atoms with Gasteiger partial charge in [-0.1, -0.05) is 18.6 Å². The van der Waals surface area contributed by atoms with Gasteiger partial charge in [0.2, 0.25) is 5.82 Å². The van der Waals surface area contributed by atoms with Crippen molar-refractivity contribution in [3.63, 3.8) is 0 Å². The van der Waals surface area contributed by atoms with Gasteiger partial charge in [0.1, 0.15) is 0 Å². The van der Waals surface area contributed by atoms with Gasteiger partial charge in [-0.3, -0.25) is 4.79 Å². The zero-order valence-corrected chi connectivity index (χ0v) is 21.6. The first-order valence-electron chi connectivity index (χ1n) is 12.8. The molecular weight excluding hydrogens is 482 g/mol. The number of nitrogens with zero attached hydrogens (tertiary/aromatic N) is 4. The molecule has 0 aliphatic carbocycles. The number of aromatic nitrogens is 4. The number of imidazole rings is 1. The lowest BCUT2D eigenvalue weighted by Gasteiger charge is -2.14. The Labute approximate surface area is 221 Å². The fourth-order valence-electron chi connectivity index (χ4n) is 4.15. The van der Waals surface area contributed by atoms with Crippen LogP contribution in [0.25, 0.3) is 22.6 Å². The molecule has 0 amide bonds. The van der Waals surface area contributed by atoms with Crippen molar-refractivity contribution >= 4 is 34.0 Å². The summed E-state index contributed by atoms with van der Waals surface area (Å²) in [5.41, 5.74) is 15.7. The highest BCUT2D eigenvalue weighted by Crippen LogP contribution is 2.28. The van der Waals surface area contributed by atoms with Gasteiger partial charge in [0.05, 0.1) is 17.6 Å². The molecule has 4 aromatic rings. The number of ketones is 1. The van der Waals surface area contributed by atoms with Gasteiger partial charge in [-0.15, -0.1) is 0 Å². The van der Waals surface area contributed by atoms with E-state index in [1.54, 1.807) is 6.92 Å². The molecule has 2 heterocycles. The monoisotopic (exact) mass is 517 g/mol. The molecule has 11 heteroatoms. The van der Waals surface area contributed by atoms with Crippen LogP contribution in [0.15, 0.2) is 53.2 Å². The van der Waals surface area contributed by atoms with E-state index in [0.717, 1.165) is 36.0 Å². The first-order valence-corrected chi connectivity index (χ1v) is 12.8. The Morgan fingerprint density at radius 2 is 1.89 bits per heavy atom. The van der Waals surface area contributed by atoms with E-state index in [9.17, 15) is 4.79 Å². The van der Waals surface area contributed by atoms with Gasteiger partial charge in [0.15, 0.2) is 17.3 Å². The van der Waals surface area contributed by atoms with Crippen molar-refractivity contribution in [1.82, 2.24) is 19.9 Å². The number of Topliss-reactive ketones (excluding diaryl/α,β-unsaturated/α-hetero) is 1. The maximum Gasteiger partial charge on any atom is 0.202 e. The Hall–Kier alpha value is -4.09. The van der Waals surface area contributed by atoms with Crippen LogP contribution in [0, 0.1) is 5.41 Å². The molecule has 4 rings (SSSR count). The molecule has 38 heavy (non-hydrogen) atoms. The zero-order chi connectivity index (χ0) is 26.9. The number of carbonyl (C=O) groups is 1. The van der Waals surface area contributed by atoms with Gasteiger partial charge in [-0.2, -0.15) is 0 Å². The summed E-state index contributed by atoms with van der Waals surface area (Å²) in [4.78, 5) is 18.1. The molecule has 2 aromatic heterocycles. The number of hydrogen-bond donors (Lipinski definition) is 5. The molecule has 0 aliphatic rings. The summed E-state index contributed by atoms with van der Waals surface area (Å²) in [6.07, 6.45) is 3.48. The van der Waals surface area contributed by atoms with Crippen LogP contribution in [-0.4, -0.2) is 57.0 Å². The van der Waals surface area contributed by atoms with Crippen LogP contribution in [0.5, 0.6) is 0 Å². The molecule has 7 N–H and O–H groups in total. The third-order valence-corrected chi connectivity index (χ3v) is 6.25. The molecule has 1 atom stereocenters. The lowest BCUT2D eigenvalue weighted by molar-refractivity contribution is 0.0974. The average molecular weight is 518 g/mol. The Morgan fingerprint density at radius 1 is 1.11 bits per heavy atom. The predicted molar refractivity (Wildman–Crippen MR) is 150 cm³/mol. The van der Waals surface area contributed by atoms with Gasteiger partial charge in [-0.05, 0) is 73.0 Å². The van der Waals surface area contributed by atoms with E-state index in [-0.39, 0.29) is 18.4 Å². The summed E-state index contributed by atoms with van der Waals surface area (Å²) < 4.78 is 6.83. The largest absolute Gasteiger partial charge is 0.383 e. The molecule has 0 saturated heterocycles. The number of unbranched alkanes of at least 4 members (excludes halogenated alkanes) is 1. The number of nitrogens with one attached hydrogen (secondary N) is 3. The van der Waals surface area contributed by atoms with Gasteiger partial charge in [-0.25, -0.2) is 9.61 Å². The van der Waals surface area contributed by atoms with E-state index < -0.39 is 0 Å². The second-order valence-corrected chi connectivity index (χ2v) is 9.35. The van der Waals surface area contributed by atoms with Gasteiger partial charge >= 0.3 is 0 Å². The number of para-hydroxylation sites is 2. The van der Waals surface area contributed by atoms with Gasteiger partial charge in [0.25, 0.3) is 0 Å². The van der Waals surface area contributed by atoms with E-state index >= 15 is 0 Å². The Bertz CT molecular complexity index is 1360. The molecule has 11 nitrogen and oxygen atoms in total. The standard InChI is InChI=1S/C27H35N9O2/c1-18(29)13-15-31-26-25(34-38-35-26)27-33-22-7-2-3-8-23(22)36(27)17-24(37)19-9-11-21(12-10-19)32-16-20(30)6-4-5-14-28/h2-3,7-12,20,29,32H,4-6,13-17,28,30H2,1H3,(H,31,35)/t20-/m0/s1. The number of anilines is 2. The number of fused-ring (bicyclic) bond motifs is 1. The molecule has 0 unspecified atom stereocenters. The Kier molecular flexibility index (Phi) is 9.17. The third kappa shape index (κ3) is 6.81. The Balaban J connectivity index is 1.49. The smallest absolute Gasteiger partial charge is 0.202 e. The van der Waals surface area contributed by atoms with Gasteiger partial charge in [0, 0.05) is 42.5 Å². The number of hydrogen-bond acceptors (Lipinski definition) is 10. The second kappa shape index (κ2) is 12.9. The first-order chi connectivity index (χ1) is 18.5. The molecule has 0 saturated carbocycles.